The molecule has 8 nitrogen and oxygen atoms in total. The SMILES string of the molecule is COC(=O)c1ccc(NC(=O)CCS(=O)(=O)c2cc3c(cc2Br)CCN3C(=O)C2CC2)cc1. The first kappa shape index (κ1) is 23.4. The van der Waals surface area contributed by atoms with Gasteiger partial charge in [0.15, 0.2) is 9.84 Å². The van der Waals surface area contributed by atoms with E-state index < -0.39 is 21.7 Å². The van der Waals surface area contributed by atoms with E-state index in [0.29, 0.717) is 34.4 Å². The first-order valence-corrected chi connectivity index (χ1v) is 13.0. The molecule has 2 aromatic carbocycles. The predicted octanol–water partition coefficient (Wildman–Crippen LogP) is 3.34. The number of fused-ring (bicyclic) bond motifs is 1. The molecule has 1 saturated carbocycles. The van der Waals surface area contributed by atoms with Gasteiger partial charge in [0.05, 0.1) is 23.3 Å². The number of amides is 2. The molecule has 0 aromatic heterocycles. The van der Waals surface area contributed by atoms with E-state index in [9.17, 15) is 22.8 Å². The van der Waals surface area contributed by atoms with Gasteiger partial charge in [0, 0.05) is 34.7 Å². The lowest BCUT2D eigenvalue weighted by Gasteiger charge is -2.18. The third-order valence-electron chi connectivity index (χ3n) is 5.74. The van der Waals surface area contributed by atoms with Crippen molar-refractivity contribution < 1.29 is 27.5 Å². The van der Waals surface area contributed by atoms with E-state index in [1.165, 1.54) is 19.2 Å². The summed E-state index contributed by atoms with van der Waals surface area (Å²) in [5, 5.41) is 2.63. The molecule has 0 atom stereocenters. The number of nitrogens with zero attached hydrogens (tertiary/aromatic N) is 1. The second-order valence-corrected chi connectivity index (χ2v) is 11.0. The number of sulfone groups is 1. The van der Waals surface area contributed by atoms with E-state index >= 15 is 0 Å². The van der Waals surface area contributed by atoms with Crippen LogP contribution in [-0.4, -0.2) is 45.6 Å². The van der Waals surface area contributed by atoms with Crippen molar-refractivity contribution in [2.75, 3.05) is 29.6 Å². The van der Waals surface area contributed by atoms with Gasteiger partial charge in [0.1, 0.15) is 0 Å². The summed E-state index contributed by atoms with van der Waals surface area (Å²) < 4.78 is 31.1. The number of rotatable bonds is 7. The number of hydrogen-bond donors (Lipinski definition) is 1. The zero-order valence-electron chi connectivity index (χ0n) is 18.0. The average molecular weight is 535 g/mol. The van der Waals surface area contributed by atoms with Gasteiger partial charge in [0.2, 0.25) is 11.8 Å². The van der Waals surface area contributed by atoms with Crippen LogP contribution in [0.5, 0.6) is 0 Å². The molecule has 1 N–H and O–H groups in total. The molecular weight excluding hydrogens is 512 g/mol. The Morgan fingerprint density at radius 3 is 2.48 bits per heavy atom. The van der Waals surface area contributed by atoms with Gasteiger partial charge in [-0.3, -0.25) is 9.59 Å². The molecule has 1 aliphatic heterocycles. The van der Waals surface area contributed by atoms with Crippen LogP contribution in [0.2, 0.25) is 0 Å². The van der Waals surface area contributed by atoms with Crippen molar-refractivity contribution >= 4 is 54.9 Å². The van der Waals surface area contributed by atoms with Crippen LogP contribution in [-0.2, 0) is 30.6 Å². The van der Waals surface area contributed by atoms with Gasteiger partial charge in [0.25, 0.3) is 0 Å². The minimum Gasteiger partial charge on any atom is -0.465 e. The Morgan fingerprint density at radius 2 is 1.85 bits per heavy atom. The molecule has 0 saturated heterocycles. The second kappa shape index (κ2) is 9.26. The fourth-order valence-electron chi connectivity index (χ4n) is 3.77. The van der Waals surface area contributed by atoms with Crippen LogP contribution in [0.25, 0.3) is 0 Å². The average Bonchev–Trinajstić information content (AvgIpc) is 3.57. The van der Waals surface area contributed by atoms with Crippen molar-refractivity contribution in [2.45, 2.75) is 30.6 Å². The molecule has 2 aliphatic rings. The fraction of sp³-hybridized carbons (Fsp3) is 0.348. The number of esters is 1. The van der Waals surface area contributed by atoms with Crippen LogP contribution >= 0.6 is 15.9 Å². The number of methoxy groups -OCH3 is 1. The Labute approximate surface area is 200 Å². The van der Waals surface area contributed by atoms with Crippen LogP contribution in [0.15, 0.2) is 45.8 Å². The summed E-state index contributed by atoms with van der Waals surface area (Å²) in [7, 11) is -2.50. The Bertz CT molecular complexity index is 1220. The first-order valence-electron chi connectivity index (χ1n) is 10.5. The summed E-state index contributed by atoms with van der Waals surface area (Å²) >= 11 is 3.35. The van der Waals surface area contributed by atoms with E-state index in [-0.39, 0.29) is 28.9 Å². The maximum Gasteiger partial charge on any atom is 0.337 e. The topological polar surface area (TPSA) is 110 Å². The highest BCUT2D eigenvalue weighted by Gasteiger charge is 2.37. The number of nitrogens with one attached hydrogen (secondary N) is 1. The van der Waals surface area contributed by atoms with E-state index in [0.717, 1.165) is 18.4 Å². The van der Waals surface area contributed by atoms with E-state index in [1.807, 2.05) is 0 Å². The summed E-state index contributed by atoms with van der Waals surface area (Å²) in [5.74, 6) is -1.24. The van der Waals surface area contributed by atoms with Gasteiger partial charge < -0.3 is 15.0 Å². The molecule has 33 heavy (non-hydrogen) atoms. The summed E-state index contributed by atoms with van der Waals surface area (Å²) in [4.78, 5) is 38.1. The molecular formula is C23H23BrN2O6S. The lowest BCUT2D eigenvalue weighted by molar-refractivity contribution is -0.119. The van der Waals surface area contributed by atoms with Gasteiger partial charge in [-0.1, -0.05) is 0 Å². The number of ether oxygens (including phenoxy) is 1. The Hall–Kier alpha value is -2.72. The normalized spacial score (nSPS) is 15.2. The van der Waals surface area contributed by atoms with E-state index in [1.54, 1.807) is 29.2 Å². The van der Waals surface area contributed by atoms with Crippen molar-refractivity contribution in [1.82, 2.24) is 0 Å². The maximum absolute atomic E-state index is 13.0. The highest BCUT2D eigenvalue weighted by atomic mass is 79.9. The largest absolute Gasteiger partial charge is 0.465 e. The second-order valence-electron chi connectivity index (χ2n) is 8.11. The zero-order valence-corrected chi connectivity index (χ0v) is 20.4. The molecule has 0 unspecified atom stereocenters. The molecule has 2 amide bonds. The molecule has 1 heterocycles. The molecule has 4 rings (SSSR count). The molecule has 0 spiro atoms. The lowest BCUT2D eigenvalue weighted by Crippen LogP contribution is -2.30. The first-order chi connectivity index (χ1) is 15.7. The van der Waals surface area contributed by atoms with Crippen molar-refractivity contribution in [3.8, 4) is 0 Å². The number of anilines is 2. The molecule has 0 radical (unpaired) electrons. The van der Waals surface area contributed by atoms with Crippen LogP contribution in [0.3, 0.4) is 0 Å². The zero-order chi connectivity index (χ0) is 23.8. The third kappa shape index (κ3) is 5.11. The van der Waals surface area contributed by atoms with Crippen LogP contribution < -0.4 is 10.2 Å². The predicted molar refractivity (Wildman–Crippen MR) is 126 cm³/mol. The maximum atomic E-state index is 13.0. The quantitative estimate of drug-likeness (QED) is 0.545. The Morgan fingerprint density at radius 1 is 1.15 bits per heavy atom. The van der Waals surface area contributed by atoms with Gasteiger partial charge in [-0.25, -0.2) is 13.2 Å². The standard InChI is InChI=1S/C23H23BrN2O6S/c1-32-23(29)15-4-6-17(7-5-15)25-21(27)9-11-33(30,31)20-13-19-16(12-18(20)24)8-10-26(19)22(28)14-2-3-14/h4-7,12-14H,2-3,8-11H2,1H3,(H,25,27). The van der Waals surface area contributed by atoms with Crippen molar-refractivity contribution in [1.29, 1.82) is 0 Å². The van der Waals surface area contributed by atoms with Crippen LogP contribution in [0, 0.1) is 5.92 Å². The monoisotopic (exact) mass is 534 g/mol. The van der Waals surface area contributed by atoms with Gasteiger partial charge in [-0.15, -0.1) is 0 Å². The number of hydrogen-bond acceptors (Lipinski definition) is 6. The van der Waals surface area contributed by atoms with Crippen LogP contribution in [0.1, 0.15) is 35.2 Å². The molecule has 10 heteroatoms. The van der Waals surface area contributed by atoms with Gasteiger partial charge >= 0.3 is 5.97 Å². The van der Waals surface area contributed by atoms with Crippen LogP contribution in [0.4, 0.5) is 11.4 Å². The Balaban J connectivity index is 1.43. The highest BCUT2D eigenvalue weighted by Crippen LogP contribution is 2.39. The molecule has 174 valence electrons. The fourth-order valence-corrected chi connectivity index (χ4v) is 6.23. The van der Waals surface area contributed by atoms with Crippen molar-refractivity contribution in [2.24, 2.45) is 5.92 Å². The summed E-state index contributed by atoms with van der Waals surface area (Å²) in [6, 6.07) is 9.41. The lowest BCUT2D eigenvalue weighted by atomic mass is 10.2. The molecule has 0 bridgehead atoms. The molecule has 1 fully saturated rings. The number of benzene rings is 2. The van der Waals surface area contributed by atoms with Gasteiger partial charge in [-0.05, 0) is 77.2 Å². The molecule has 1 aliphatic carbocycles. The van der Waals surface area contributed by atoms with Crippen molar-refractivity contribution in [3.05, 3.63) is 52.0 Å². The van der Waals surface area contributed by atoms with Gasteiger partial charge in [-0.2, -0.15) is 0 Å². The minimum absolute atomic E-state index is 0.0463. The van der Waals surface area contributed by atoms with E-state index in [2.05, 4.69) is 26.0 Å². The third-order valence-corrected chi connectivity index (χ3v) is 8.41. The highest BCUT2D eigenvalue weighted by molar-refractivity contribution is 9.10. The Kier molecular flexibility index (Phi) is 6.58. The number of halogens is 1. The number of carbonyl (C=O) groups excluding carboxylic acids is 3. The minimum atomic E-state index is -3.78. The van der Waals surface area contributed by atoms with Crippen molar-refractivity contribution in [3.63, 3.8) is 0 Å². The summed E-state index contributed by atoms with van der Waals surface area (Å²) in [5.41, 5.74) is 2.36. The smallest absolute Gasteiger partial charge is 0.337 e. The molecule has 2 aromatic rings. The van der Waals surface area contributed by atoms with E-state index in [4.69, 9.17) is 0 Å². The number of carbonyl (C=O) groups is 3. The summed E-state index contributed by atoms with van der Waals surface area (Å²) in [6.45, 7) is 0.553. The summed E-state index contributed by atoms with van der Waals surface area (Å²) in [6.07, 6.45) is 2.21.